The highest BCUT2D eigenvalue weighted by Gasteiger charge is 2.32. The molecule has 3 aromatic rings. The number of amides is 1. The second kappa shape index (κ2) is 11.4. The lowest BCUT2D eigenvalue weighted by molar-refractivity contribution is -0.132. The lowest BCUT2D eigenvalue weighted by atomic mass is 9.90. The number of imidazole rings is 1. The fourth-order valence-electron chi connectivity index (χ4n) is 5.61. The van der Waals surface area contributed by atoms with E-state index in [1.807, 2.05) is 42.0 Å². The van der Waals surface area contributed by atoms with Crippen molar-refractivity contribution < 1.29 is 14.3 Å². The summed E-state index contributed by atoms with van der Waals surface area (Å²) in [5.74, 6) is 1.17. The highest BCUT2D eigenvalue weighted by atomic mass is 16.5. The first kappa shape index (κ1) is 26.0. The maximum Gasteiger partial charge on any atom is 0.250 e. The molecule has 2 aromatic carbocycles. The standard InChI is InChI=1S/C31H38N4O3/c1-22(2)30(25-8-10-27(11-9-25)33-14-16-38-17-15-33)35-13-5-6-26(31(35)36)18-24-7-12-28(29(19-24)37-4)34-20-23(3)32-21-34/h7-12,18-22,30H,5-6,13-17H2,1-4H3. The average Bonchev–Trinajstić information content (AvgIpc) is 3.37. The van der Waals surface area contributed by atoms with E-state index in [0.29, 0.717) is 5.92 Å². The number of hydrogen-bond acceptors (Lipinski definition) is 5. The number of morpholine rings is 1. The quantitative estimate of drug-likeness (QED) is 0.394. The maximum atomic E-state index is 13.8. The Morgan fingerprint density at radius 1 is 1.05 bits per heavy atom. The lowest BCUT2D eigenvalue weighted by Crippen LogP contribution is -2.41. The fourth-order valence-corrected chi connectivity index (χ4v) is 5.61. The van der Waals surface area contributed by atoms with Crippen molar-refractivity contribution >= 4 is 17.7 Å². The third kappa shape index (κ3) is 5.48. The van der Waals surface area contributed by atoms with Gasteiger partial charge >= 0.3 is 0 Å². The summed E-state index contributed by atoms with van der Waals surface area (Å²) >= 11 is 0. The zero-order valence-electron chi connectivity index (χ0n) is 22.9. The Balaban J connectivity index is 1.38. The van der Waals surface area contributed by atoms with Crippen molar-refractivity contribution in [3.63, 3.8) is 0 Å². The zero-order valence-corrected chi connectivity index (χ0v) is 22.9. The van der Waals surface area contributed by atoms with Gasteiger partial charge in [0.2, 0.25) is 5.91 Å². The molecule has 7 nitrogen and oxygen atoms in total. The van der Waals surface area contributed by atoms with Gasteiger partial charge in [-0.05, 0) is 67.2 Å². The summed E-state index contributed by atoms with van der Waals surface area (Å²) in [7, 11) is 1.67. The van der Waals surface area contributed by atoms with Crippen LogP contribution < -0.4 is 9.64 Å². The van der Waals surface area contributed by atoms with E-state index in [0.717, 1.165) is 74.0 Å². The predicted octanol–water partition coefficient (Wildman–Crippen LogP) is 5.43. The lowest BCUT2D eigenvalue weighted by Gasteiger charge is -2.38. The van der Waals surface area contributed by atoms with E-state index in [1.54, 1.807) is 13.4 Å². The van der Waals surface area contributed by atoms with E-state index in [4.69, 9.17) is 9.47 Å². The van der Waals surface area contributed by atoms with E-state index in [2.05, 4.69) is 52.9 Å². The van der Waals surface area contributed by atoms with Gasteiger partial charge in [-0.25, -0.2) is 4.98 Å². The topological polar surface area (TPSA) is 59.8 Å². The molecule has 200 valence electrons. The molecule has 1 aromatic heterocycles. The highest BCUT2D eigenvalue weighted by molar-refractivity contribution is 5.99. The number of methoxy groups -OCH3 is 1. The minimum absolute atomic E-state index is 0.0336. The third-order valence-corrected chi connectivity index (χ3v) is 7.49. The number of carbonyl (C=O) groups excluding carboxylic acids is 1. The third-order valence-electron chi connectivity index (χ3n) is 7.49. The van der Waals surface area contributed by atoms with Crippen LogP contribution in [0.3, 0.4) is 0 Å². The van der Waals surface area contributed by atoms with Gasteiger partial charge in [-0.2, -0.15) is 0 Å². The molecule has 0 N–H and O–H groups in total. The van der Waals surface area contributed by atoms with E-state index < -0.39 is 0 Å². The Hall–Kier alpha value is -3.58. The first-order valence-electron chi connectivity index (χ1n) is 13.6. The summed E-state index contributed by atoms with van der Waals surface area (Å²) in [5.41, 5.74) is 6.08. The van der Waals surface area contributed by atoms with Crippen LogP contribution in [0.4, 0.5) is 5.69 Å². The molecule has 0 aliphatic carbocycles. The number of likely N-dealkylation sites (tertiary alicyclic amines) is 1. The smallest absolute Gasteiger partial charge is 0.250 e. The van der Waals surface area contributed by atoms with Crippen molar-refractivity contribution in [3.05, 3.63) is 77.4 Å². The van der Waals surface area contributed by atoms with Crippen LogP contribution in [0.15, 0.2) is 60.6 Å². The molecule has 1 unspecified atom stereocenters. The summed E-state index contributed by atoms with van der Waals surface area (Å²) < 4.78 is 13.1. The number of aromatic nitrogens is 2. The maximum absolute atomic E-state index is 13.8. The Labute approximate surface area is 225 Å². The molecular weight excluding hydrogens is 476 g/mol. The van der Waals surface area contributed by atoms with Crippen molar-refractivity contribution in [2.75, 3.05) is 44.9 Å². The van der Waals surface area contributed by atoms with Crippen molar-refractivity contribution in [1.82, 2.24) is 14.5 Å². The molecule has 0 radical (unpaired) electrons. The summed E-state index contributed by atoms with van der Waals surface area (Å²) in [6, 6.07) is 14.9. The van der Waals surface area contributed by atoms with Crippen molar-refractivity contribution in [2.45, 2.75) is 39.7 Å². The molecule has 3 heterocycles. The first-order chi connectivity index (χ1) is 18.4. The minimum Gasteiger partial charge on any atom is -0.495 e. The summed E-state index contributed by atoms with van der Waals surface area (Å²) in [5, 5.41) is 0. The normalized spacial score (nSPS) is 18.3. The second-order valence-electron chi connectivity index (χ2n) is 10.5. The van der Waals surface area contributed by atoms with Crippen LogP contribution in [0.1, 0.15) is 49.6 Å². The highest BCUT2D eigenvalue weighted by Crippen LogP contribution is 2.35. The summed E-state index contributed by atoms with van der Waals surface area (Å²) in [6.07, 6.45) is 7.52. The number of piperidine rings is 1. The summed E-state index contributed by atoms with van der Waals surface area (Å²) in [6.45, 7) is 10.5. The Morgan fingerprint density at radius 2 is 1.82 bits per heavy atom. The molecule has 2 aliphatic heterocycles. The van der Waals surface area contributed by atoms with E-state index in [9.17, 15) is 4.79 Å². The van der Waals surface area contributed by atoms with Crippen LogP contribution >= 0.6 is 0 Å². The van der Waals surface area contributed by atoms with Gasteiger partial charge in [0.25, 0.3) is 0 Å². The van der Waals surface area contributed by atoms with Gasteiger partial charge < -0.3 is 23.8 Å². The Kier molecular flexibility index (Phi) is 7.84. The largest absolute Gasteiger partial charge is 0.495 e. The molecule has 2 fully saturated rings. The second-order valence-corrected chi connectivity index (χ2v) is 10.5. The number of hydrogen-bond donors (Lipinski definition) is 0. The van der Waals surface area contributed by atoms with Crippen LogP contribution in [0.25, 0.3) is 11.8 Å². The van der Waals surface area contributed by atoms with Gasteiger partial charge in [-0.3, -0.25) is 4.79 Å². The number of aryl methyl sites for hydroxylation is 1. The van der Waals surface area contributed by atoms with Gasteiger partial charge in [-0.15, -0.1) is 0 Å². The van der Waals surface area contributed by atoms with E-state index in [-0.39, 0.29) is 11.9 Å². The van der Waals surface area contributed by atoms with Gasteiger partial charge in [0.05, 0.1) is 44.1 Å². The van der Waals surface area contributed by atoms with Crippen LogP contribution in [0.2, 0.25) is 0 Å². The SMILES string of the molecule is COc1cc(C=C2CCCN(C(c3ccc(N4CCOCC4)cc3)C(C)C)C2=O)ccc1-n1cnc(C)c1. The number of benzene rings is 2. The summed E-state index contributed by atoms with van der Waals surface area (Å²) in [4.78, 5) is 22.6. The van der Waals surface area contributed by atoms with Gasteiger partial charge in [0.1, 0.15) is 5.75 Å². The molecule has 2 aliphatic rings. The first-order valence-corrected chi connectivity index (χ1v) is 13.6. The number of nitrogens with zero attached hydrogens (tertiary/aromatic N) is 4. The Morgan fingerprint density at radius 3 is 2.47 bits per heavy atom. The molecule has 2 saturated heterocycles. The van der Waals surface area contributed by atoms with Gasteiger partial charge in [0.15, 0.2) is 0 Å². The number of anilines is 1. The van der Waals surface area contributed by atoms with Crippen molar-refractivity contribution in [3.8, 4) is 11.4 Å². The molecule has 0 saturated carbocycles. The molecule has 38 heavy (non-hydrogen) atoms. The van der Waals surface area contributed by atoms with Gasteiger partial charge in [0, 0.05) is 37.1 Å². The fraction of sp³-hybridized carbons (Fsp3) is 0.419. The molecule has 0 spiro atoms. The molecule has 5 rings (SSSR count). The number of carbonyl (C=O) groups is 1. The monoisotopic (exact) mass is 514 g/mol. The predicted molar refractivity (Wildman–Crippen MR) is 151 cm³/mol. The van der Waals surface area contributed by atoms with Crippen LogP contribution in [-0.2, 0) is 9.53 Å². The Bertz CT molecular complexity index is 1290. The van der Waals surface area contributed by atoms with Crippen LogP contribution in [0, 0.1) is 12.8 Å². The van der Waals surface area contributed by atoms with Crippen LogP contribution in [-0.4, -0.2) is 60.3 Å². The van der Waals surface area contributed by atoms with E-state index >= 15 is 0 Å². The molecule has 1 atom stereocenters. The molecule has 0 bridgehead atoms. The van der Waals surface area contributed by atoms with Gasteiger partial charge in [-0.1, -0.05) is 32.0 Å². The average molecular weight is 515 g/mol. The number of ether oxygens (including phenoxy) is 2. The number of rotatable bonds is 7. The molecule has 7 heteroatoms. The zero-order chi connectivity index (χ0) is 26.6. The van der Waals surface area contributed by atoms with E-state index in [1.165, 1.54) is 11.3 Å². The minimum atomic E-state index is 0.0336. The molecular formula is C31H38N4O3. The van der Waals surface area contributed by atoms with Crippen LogP contribution in [0.5, 0.6) is 5.75 Å². The molecule has 1 amide bonds. The van der Waals surface area contributed by atoms with Crippen molar-refractivity contribution in [2.24, 2.45) is 5.92 Å². The van der Waals surface area contributed by atoms with Crippen molar-refractivity contribution in [1.29, 1.82) is 0 Å².